The second kappa shape index (κ2) is 9.10. The molecule has 0 bridgehead atoms. The second-order valence-electron chi connectivity index (χ2n) is 7.14. The van der Waals surface area contributed by atoms with Gasteiger partial charge in [0.05, 0.1) is 0 Å². The zero-order valence-corrected chi connectivity index (χ0v) is 18.2. The van der Waals surface area contributed by atoms with Crippen LogP contribution in [-0.2, 0) is 0 Å². The van der Waals surface area contributed by atoms with Gasteiger partial charge in [-0.3, -0.25) is 0 Å². The molecule has 0 radical (unpaired) electrons. The summed E-state index contributed by atoms with van der Waals surface area (Å²) in [5, 5.41) is 0. The minimum Gasteiger partial charge on any atom is -0.445 e. The van der Waals surface area contributed by atoms with Crippen LogP contribution in [0.25, 0.3) is 33.6 Å². The van der Waals surface area contributed by atoms with Gasteiger partial charge in [-0.1, -0.05) is 60.7 Å². The molecule has 30 heavy (non-hydrogen) atoms. The van der Waals surface area contributed by atoms with Crippen molar-refractivity contribution in [2.75, 3.05) is 18.0 Å². The summed E-state index contributed by atoms with van der Waals surface area (Å²) in [5.74, 6) is 0.782. The van der Waals surface area contributed by atoms with Gasteiger partial charge in [0.2, 0.25) is 0 Å². The van der Waals surface area contributed by atoms with Gasteiger partial charge in [-0.2, -0.15) is 0 Å². The molecule has 0 aliphatic rings. The monoisotopic (exact) mass is 411 g/mol. The summed E-state index contributed by atoms with van der Waals surface area (Å²) < 4.78 is 6.67. The summed E-state index contributed by atoms with van der Waals surface area (Å²) in [5.41, 5.74) is 6.47. The van der Waals surface area contributed by atoms with E-state index in [-0.39, 0.29) is 0 Å². The third-order valence-electron chi connectivity index (χ3n) is 5.38. The normalized spacial score (nSPS) is 10.7. The minimum atomic E-state index is 0.505. The quantitative estimate of drug-likeness (QED) is 0.300. The van der Waals surface area contributed by atoms with Crippen molar-refractivity contribution in [3.05, 3.63) is 95.7 Å². The lowest BCUT2D eigenvalue weighted by atomic mass is 9.95. The van der Waals surface area contributed by atoms with Crippen molar-refractivity contribution in [1.29, 1.82) is 0 Å². The molecule has 4 rings (SSSR count). The Morgan fingerprint density at radius 3 is 1.83 bits per heavy atom. The molecule has 0 aliphatic carbocycles. The van der Waals surface area contributed by atoms with E-state index in [0.717, 1.165) is 46.7 Å². The van der Waals surface area contributed by atoms with Crippen LogP contribution in [0.15, 0.2) is 95.4 Å². The molecule has 4 aromatic rings. The number of rotatable bonds is 6. The van der Waals surface area contributed by atoms with Gasteiger partial charge >= 0.3 is 0 Å². The molecule has 0 saturated carbocycles. The molecule has 0 spiro atoms. The molecule has 3 aromatic carbocycles. The highest BCUT2D eigenvalue weighted by Gasteiger charge is 2.14. The van der Waals surface area contributed by atoms with E-state index in [9.17, 15) is 0 Å². The Balaban J connectivity index is 1.85. The molecule has 1 aromatic heterocycles. The van der Waals surface area contributed by atoms with Crippen molar-refractivity contribution in [2.45, 2.75) is 13.8 Å². The Kier molecular flexibility index (Phi) is 6.10. The highest BCUT2D eigenvalue weighted by Crippen LogP contribution is 2.37. The van der Waals surface area contributed by atoms with Gasteiger partial charge in [-0.15, -0.1) is 0 Å². The van der Waals surface area contributed by atoms with E-state index in [1.807, 2.05) is 24.3 Å². The molecule has 150 valence electrons. The summed E-state index contributed by atoms with van der Waals surface area (Å²) >= 11 is 5.74. The van der Waals surface area contributed by atoms with Gasteiger partial charge in [-0.05, 0) is 73.1 Å². The summed E-state index contributed by atoms with van der Waals surface area (Å²) in [6.07, 6.45) is 0. The summed E-state index contributed by atoms with van der Waals surface area (Å²) in [4.78, 5) is 2.33. The molecule has 0 atom stereocenters. The first-order valence-electron chi connectivity index (χ1n) is 10.4. The van der Waals surface area contributed by atoms with Crippen LogP contribution >= 0.6 is 12.2 Å². The first-order chi connectivity index (χ1) is 14.7. The summed E-state index contributed by atoms with van der Waals surface area (Å²) in [6, 6.07) is 31.2. The molecular weight excluding hydrogens is 386 g/mol. The van der Waals surface area contributed by atoms with Gasteiger partial charge in [-0.25, -0.2) is 0 Å². The summed E-state index contributed by atoms with van der Waals surface area (Å²) in [6.45, 7) is 6.32. The van der Waals surface area contributed by atoms with Gasteiger partial charge in [0.15, 0.2) is 4.71 Å². The fourth-order valence-electron chi connectivity index (χ4n) is 3.78. The van der Waals surface area contributed by atoms with Crippen molar-refractivity contribution < 1.29 is 4.42 Å². The topological polar surface area (TPSA) is 16.4 Å². The standard InChI is InChI=1S/C27H25NOS/c1-3-28(4-2)23-17-15-21(16-18-23)25-19-24(20-11-7-5-8-12-20)26(27(30)29-25)22-13-9-6-10-14-22/h5-19H,3-4H2,1-2H3. The van der Waals surface area contributed by atoms with E-state index in [1.54, 1.807) is 0 Å². The Bertz CT molecular complexity index is 1160. The van der Waals surface area contributed by atoms with Crippen molar-refractivity contribution in [3.63, 3.8) is 0 Å². The Morgan fingerprint density at radius 2 is 1.27 bits per heavy atom. The Hall–Kier alpha value is -3.17. The molecule has 0 amide bonds. The number of hydrogen-bond acceptors (Lipinski definition) is 3. The number of nitrogens with zero attached hydrogens (tertiary/aromatic N) is 1. The van der Waals surface area contributed by atoms with E-state index in [0.29, 0.717) is 4.71 Å². The minimum absolute atomic E-state index is 0.505. The molecule has 0 saturated heterocycles. The number of anilines is 1. The Labute approximate surface area is 183 Å². The van der Waals surface area contributed by atoms with Crippen LogP contribution in [0.4, 0.5) is 5.69 Å². The lowest BCUT2D eigenvalue weighted by Gasteiger charge is -2.21. The fourth-order valence-corrected chi connectivity index (χ4v) is 4.10. The van der Waals surface area contributed by atoms with E-state index < -0.39 is 0 Å². The van der Waals surface area contributed by atoms with Crippen LogP contribution in [0.1, 0.15) is 13.8 Å². The highest BCUT2D eigenvalue weighted by atomic mass is 32.1. The molecule has 3 heteroatoms. The predicted octanol–water partition coefficient (Wildman–Crippen LogP) is 7.86. The third kappa shape index (κ3) is 4.07. The van der Waals surface area contributed by atoms with Crippen LogP contribution in [-0.4, -0.2) is 13.1 Å². The largest absolute Gasteiger partial charge is 0.445 e. The number of hydrogen-bond donors (Lipinski definition) is 0. The van der Waals surface area contributed by atoms with Crippen molar-refractivity contribution in [2.24, 2.45) is 0 Å². The van der Waals surface area contributed by atoms with Crippen LogP contribution in [0.3, 0.4) is 0 Å². The average Bonchev–Trinajstić information content (AvgIpc) is 2.81. The maximum Gasteiger partial charge on any atom is 0.199 e. The third-order valence-corrected chi connectivity index (χ3v) is 5.67. The zero-order chi connectivity index (χ0) is 20.9. The van der Waals surface area contributed by atoms with Gasteiger partial charge in [0.25, 0.3) is 0 Å². The molecule has 0 unspecified atom stereocenters. The van der Waals surface area contributed by atoms with Crippen molar-refractivity contribution in [1.82, 2.24) is 0 Å². The van der Waals surface area contributed by atoms with Gasteiger partial charge in [0.1, 0.15) is 5.76 Å². The van der Waals surface area contributed by atoms with E-state index in [1.165, 1.54) is 5.69 Å². The lowest BCUT2D eigenvalue weighted by Crippen LogP contribution is -2.21. The zero-order valence-electron chi connectivity index (χ0n) is 17.3. The van der Waals surface area contributed by atoms with Crippen molar-refractivity contribution >= 4 is 17.9 Å². The van der Waals surface area contributed by atoms with Gasteiger partial charge in [0, 0.05) is 29.9 Å². The van der Waals surface area contributed by atoms with Gasteiger partial charge < -0.3 is 9.32 Å². The SMILES string of the molecule is CCN(CC)c1ccc(-c2cc(-c3ccccc3)c(-c3ccccc3)c(=S)o2)cc1. The van der Waals surface area contributed by atoms with E-state index in [2.05, 4.69) is 85.5 Å². The average molecular weight is 412 g/mol. The van der Waals surface area contributed by atoms with E-state index >= 15 is 0 Å². The Morgan fingerprint density at radius 1 is 0.700 bits per heavy atom. The van der Waals surface area contributed by atoms with Crippen LogP contribution in [0, 0.1) is 4.71 Å². The highest BCUT2D eigenvalue weighted by molar-refractivity contribution is 7.71. The first-order valence-corrected chi connectivity index (χ1v) is 10.8. The molecule has 0 aliphatic heterocycles. The molecule has 0 N–H and O–H groups in total. The maximum atomic E-state index is 6.17. The fraction of sp³-hybridized carbons (Fsp3) is 0.148. The summed E-state index contributed by atoms with van der Waals surface area (Å²) in [7, 11) is 0. The van der Waals surface area contributed by atoms with Crippen LogP contribution in [0.2, 0.25) is 0 Å². The first kappa shape index (κ1) is 20.1. The van der Waals surface area contributed by atoms with Crippen LogP contribution < -0.4 is 4.90 Å². The molecule has 2 nitrogen and oxygen atoms in total. The molecular formula is C27H25NOS. The molecule has 0 fully saturated rings. The maximum absolute atomic E-state index is 6.17. The van der Waals surface area contributed by atoms with E-state index in [4.69, 9.17) is 16.6 Å². The predicted molar refractivity (Wildman–Crippen MR) is 129 cm³/mol. The molecule has 1 heterocycles. The van der Waals surface area contributed by atoms with Crippen molar-refractivity contribution in [3.8, 4) is 33.6 Å². The smallest absolute Gasteiger partial charge is 0.199 e. The second-order valence-corrected chi connectivity index (χ2v) is 7.51. The van der Waals surface area contributed by atoms with Crippen LogP contribution in [0.5, 0.6) is 0 Å². The number of benzene rings is 3. The lowest BCUT2D eigenvalue weighted by molar-refractivity contribution is 0.552.